The lowest BCUT2D eigenvalue weighted by Gasteiger charge is -1.93. The third-order valence-corrected chi connectivity index (χ3v) is 1.90. The number of amides is 1. The minimum Gasteiger partial charge on any atom is -0.444 e. The molecule has 1 N–H and O–H groups in total. The lowest BCUT2D eigenvalue weighted by molar-refractivity contribution is 0.0926. The summed E-state index contributed by atoms with van der Waals surface area (Å²) in [7, 11) is 0. The highest BCUT2D eigenvalue weighted by atomic mass is 79.9. The zero-order valence-electron chi connectivity index (χ0n) is 7.79. The third kappa shape index (κ3) is 3.33. The van der Waals surface area contributed by atoms with Crippen molar-refractivity contribution in [3.63, 3.8) is 0 Å². The zero-order valence-corrected chi connectivity index (χ0v) is 9.37. The Morgan fingerprint density at radius 1 is 1.71 bits per heavy atom. The first-order chi connectivity index (χ1) is 6.74. The molecule has 0 fully saturated rings. The van der Waals surface area contributed by atoms with Crippen LogP contribution in [0.4, 0.5) is 0 Å². The molecule has 1 aromatic heterocycles. The van der Waals surface area contributed by atoms with Crippen molar-refractivity contribution in [2.24, 2.45) is 5.10 Å². The molecule has 0 atom stereocenters. The molecule has 0 unspecified atom stereocenters. The van der Waals surface area contributed by atoms with E-state index >= 15 is 0 Å². The van der Waals surface area contributed by atoms with Crippen molar-refractivity contribution in [3.8, 4) is 0 Å². The molecule has 1 aromatic rings. The molecule has 4 nitrogen and oxygen atoms in total. The number of nitrogens with one attached hydrogen (secondary N) is 1. The number of rotatable bonds is 4. The van der Waals surface area contributed by atoms with Gasteiger partial charge in [0.05, 0.1) is 0 Å². The van der Waals surface area contributed by atoms with Gasteiger partial charge < -0.3 is 4.42 Å². The Balaban J connectivity index is 2.43. The van der Waals surface area contributed by atoms with Crippen LogP contribution in [0.2, 0.25) is 0 Å². The van der Waals surface area contributed by atoms with E-state index in [4.69, 9.17) is 4.42 Å². The van der Waals surface area contributed by atoms with Gasteiger partial charge in [-0.15, -0.1) is 0 Å². The molecule has 1 heterocycles. The monoisotopic (exact) mass is 258 g/mol. The van der Waals surface area contributed by atoms with E-state index in [1.54, 1.807) is 18.3 Å². The van der Waals surface area contributed by atoms with E-state index in [1.807, 2.05) is 6.92 Å². The van der Waals surface area contributed by atoms with Gasteiger partial charge in [-0.3, -0.25) is 4.79 Å². The van der Waals surface area contributed by atoms with Crippen LogP contribution >= 0.6 is 15.9 Å². The molecule has 0 saturated carbocycles. The van der Waals surface area contributed by atoms with Gasteiger partial charge in [-0.25, -0.2) is 5.43 Å². The Hall–Kier alpha value is -1.10. The molecule has 5 heteroatoms. The smallest absolute Gasteiger partial charge is 0.307 e. The van der Waals surface area contributed by atoms with Crippen LogP contribution in [-0.2, 0) is 0 Å². The summed E-state index contributed by atoms with van der Waals surface area (Å²) in [6, 6.07) is 3.24. The maximum absolute atomic E-state index is 11.3. The summed E-state index contributed by atoms with van der Waals surface area (Å²) < 4.78 is 5.56. The molecule has 0 saturated heterocycles. The normalized spacial score (nSPS) is 10.7. The van der Waals surface area contributed by atoms with Crippen LogP contribution in [0, 0.1) is 0 Å². The lowest BCUT2D eigenvalue weighted by Crippen LogP contribution is -2.16. The SMILES string of the molecule is CCC/C=N/NC(=O)c1ccc(Br)o1. The number of hydrogen-bond acceptors (Lipinski definition) is 3. The Bertz CT molecular complexity index is 333. The molecule has 0 spiro atoms. The number of nitrogens with zero attached hydrogens (tertiary/aromatic N) is 1. The predicted molar refractivity (Wildman–Crippen MR) is 57.3 cm³/mol. The molecular weight excluding hydrogens is 248 g/mol. The quantitative estimate of drug-likeness (QED) is 0.667. The average molecular weight is 259 g/mol. The fourth-order valence-electron chi connectivity index (χ4n) is 0.789. The highest BCUT2D eigenvalue weighted by Crippen LogP contribution is 2.13. The van der Waals surface area contributed by atoms with Crippen molar-refractivity contribution >= 4 is 28.1 Å². The van der Waals surface area contributed by atoms with Crippen molar-refractivity contribution in [1.82, 2.24) is 5.43 Å². The molecule has 1 amide bonds. The van der Waals surface area contributed by atoms with Crippen LogP contribution in [0.5, 0.6) is 0 Å². The van der Waals surface area contributed by atoms with E-state index in [9.17, 15) is 4.79 Å². The molecule has 0 aliphatic carbocycles. The Morgan fingerprint density at radius 2 is 2.50 bits per heavy atom. The maximum atomic E-state index is 11.3. The van der Waals surface area contributed by atoms with Gasteiger partial charge in [-0.1, -0.05) is 13.3 Å². The minimum atomic E-state index is -0.344. The number of carbonyl (C=O) groups is 1. The summed E-state index contributed by atoms with van der Waals surface area (Å²) in [5.41, 5.74) is 2.36. The molecule has 14 heavy (non-hydrogen) atoms. The largest absolute Gasteiger partial charge is 0.444 e. The van der Waals surface area contributed by atoms with Crippen molar-refractivity contribution in [2.45, 2.75) is 19.8 Å². The number of carbonyl (C=O) groups excluding carboxylic acids is 1. The van der Waals surface area contributed by atoms with Crippen molar-refractivity contribution in [1.29, 1.82) is 0 Å². The third-order valence-electron chi connectivity index (χ3n) is 1.47. The molecule has 0 aliphatic rings. The second-order valence-electron chi connectivity index (χ2n) is 2.65. The first kappa shape index (κ1) is 11.0. The highest BCUT2D eigenvalue weighted by molar-refractivity contribution is 9.10. The fraction of sp³-hybridized carbons (Fsp3) is 0.333. The summed E-state index contributed by atoms with van der Waals surface area (Å²) in [4.78, 5) is 11.3. The molecule has 0 bridgehead atoms. The van der Waals surface area contributed by atoms with Gasteiger partial charge in [0.1, 0.15) is 0 Å². The van der Waals surface area contributed by atoms with E-state index in [-0.39, 0.29) is 11.7 Å². The average Bonchev–Trinajstić information content (AvgIpc) is 2.59. The first-order valence-corrected chi connectivity index (χ1v) is 5.10. The van der Waals surface area contributed by atoms with Gasteiger partial charge in [-0.05, 0) is 34.5 Å². The van der Waals surface area contributed by atoms with Gasteiger partial charge in [0.25, 0.3) is 0 Å². The topological polar surface area (TPSA) is 54.6 Å². The summed E-state index contributed by atoms with van der Waals surface area (Å²) in [6.45, 7) is 2.04. The van der Waals surface area contributed by atoms with E-state index in [0.717, 1.165) is 12.8 Å². The standard InChI is InChI=1S/C9H11BrN2O2/c1-2-3-6-11-12-9(13)7-4-5-8(10)14-7/h4-6H,2-3H2,1H3,(H,12,13)/b11-6+. The lowest BCUT2D eigenvalue weighted by atomic mass is 10.4. The summed E-state index contributed by atoms with van der Waals surface area (Å²) in [6.07, 6.45) is 3.52. The van der Waals surface area contributed by atoms with Crippen molar-refractivity contribution in [3.05, 3.63) is 22.6 Å². The zero-order chi connectivity index (χ0) is 10.4. The van der Waals surface area contributed by atoms with Crippen LogP contribution < -0.4 is 5.43 Å². The number of hydrazone groups is 1. The predicted octanol–water partition coefficient (Wildman–Crippen LogP) is 2.56. The number of halogens is 1. The summed E-state index contributed by atoms with van der Waals surface area (Å²) in [5, 5.41) is 3.75. The number of hydrogen-bond donors (Lipinski definition) is 1. The van der Waals surface area contributed by atoms with Gasteiger partial charge in [0.15, 0.2) is 10.4 Å². The Labute approximate surface area is 90.5 Å². The van der Waals surface area contributed by atoms with Crippen LogP contribution in [0.1, 0.15) is 30.3 Å². The molecular formula is C9H11BrN2O2. The Kier molecular flexibility index (Phi) is 4.39. The molecule has 76 valence electrons. The molecule has 0 aliphatic heterocycles. The maximum Gasteiger partial charge on any atom is 0.307 e. The van der Waals surface area contributed by atoms with E-state index < -0.39 is 0 Å². The van der Waals surface area contributed by atoms with Crippen LogP contribution in [0.3, 0.4) is 0 Å². The Morgan fingerprint density at radius 3 is 3.07 bits per heavy atom. The van der Waals surface area contributed by atoms with E-state index in [1.165, 1.54) is 0 Å². The number of furan rings is 1. The van der Waals surface area contributed by atoms with Crippen molar-refractivity contribution < 1.29 is 9.21 Å². The summed E-state index contributed by atoms with van der Waals surface area (Å²) >= 11 is 3.11. The number of unbranched alkanes of at least 4 members (excludes halogenated alkanes) is 1. The molecule has 0 aromatic carbocycles. The van der Waals surface area contributed by atoms with Crippen LogP contribution in [-0.4, -0.2) is 12.1 Å². The first-order valence-electron chi connectivity index (χ1n) is 4.31. The van der Waals surface area contributed by atoms with Gasteiger partial charge in [0, 0.05) is 6.21 Å². The summed E-state index contributed by atoms with van der Waals surface area (Å²) in [5.74, 6) is -0.103. The van der Waals surface area contributed by atoms with Gasteiger partial charge in [0.2, 0.25) is 0 Å². The minimum absolute atomic E-state index is 0.241. The molecule has 0 radical (unpaired) electrons. The molecule has 1 rings (SSSR count). The van der Waals surface area contributed by atoms with E-state index in [2.05, 4.69) is 26.5 Å². The fourth-order valence-corrected chi connectivity index (χ4v) is 1.10. The van der Waals surface area contributed by atoms with Gasteiger partial charge >= 0.3 is 5.91 Å². The van der Waals surface area contributed by atoms with Crippen molar-refractivity contribution in [2.75, 3.05) is 0 Å². The second kappa shape index (κ2) is 5.59. The van der Waals surface area contributed by atoms with Gasteiger partial charge in [-0.2, -0.15) is 5.10 Å². The highest BCUT2D eigenvalue weighted by Gasteiger charge is 2.08. The second-order valence-corrected chi connectivity index (χ2v) is 3.43. The van der Waals surface area contributed by atoms with Crippen LogP contribution in [0.25, 0.3) is 0 Å². The van der Waals surface area contributed by atoms with E-state index in [0.29, 0.717) is 4.67 Å². The van der Waals surface area contributed by atoms with Crippen LogP contribution in [0.15, 0.2) is 26.3 Å².